The van der Waals surface area contributed by atoms with Gasteiger partial charge in [0.15, 0.2) is 0 Å². The molecule has 4 nitrogen and oxygen atoms in total. The van der Waals surface area contributed by atoms with Crippen LogP contribution in [0.15, 0.2) is 18.2 Å². The molecule has 1 fully saturated rings. The zero-order valence-corrected chi connectivity index (χ0v) is 13.2. The third-order valence-electron chi connectivity index (χ3n) is 3.77. The number of rotatable bonds is 5. The Bertz CT molecular complexity index is 679. The first-order valence-electron chi connectivity index (χ1n) is 7.29. The van der Waals surface area contributed by atoms with Crippen LogP contribution < -0.4 is 5.32 Å². The topological polar surface area (TPSA) is 47.6 Å². The number of fused-ring (bicyclic) bond motifs is 1. The van der Waals surface area contributed by atoms with Crippen LogP contribution in [-0.4, -0.2) is 32.3 Å². The molecule has 1 N–H and O–H groups in total. The lowest BCUT2D eigenvalue weighted by atomic mass is 10.1. The van der Waals surface area contributed by atoms with Crippen molar-refractivity contribution in [3.8, 4) is 0 Å². The van der Waals surface area contributed by atoms with Crippen LogP contribution in [0.3, 0.4) is 0 Å². The highest BCUT2D eigenvalue weighted by molar-refractivity contribution is 7.21. The first-order valence-corrected chi connectivity index (χ1v) is 8.11. The number of ether oxygens (including phenoxy) is 2. The van der Waals surface area contributed by atoms with E-state index >= 15 is 0 Å². The lowest BCUT2D eigenvalue weighted by Gasteiger charge is -2.11. The van der Waals surface area contributed by atoms with Crippen molar-refractivity contribution in [1.82, 2.24) is 5.32 Å². The van der Waals surface area contributed by atoms with Crippen LogP contribution >= 0.6 is 11.3 Å². The normalized spacial score (nSPS) is 18.0. The van der Waals surface area contributed by atoms with Crippen LogP contribution in [0.25, 0.3) is 10.1 Å². The van der Waals surface area contributed by atoms with Crippen LogP contribution in [-0.2, 0) is 16.1 Å². The van der Waals surface area contributed by atoms with Crippen molar-refractivity contribution in [3.05, 3.63) is 34.5 Å². The number of benzene rings is 1. The molecule has 6 heteroatoms. The maximum Gasteiger partial charge on any atom is 0.261 e. The summed E-state index contributed by atoms with van der Waals surface area (Å²) in [5.41, 5.74) is 0.616. The van der Waals surface area contributed by atoms with Crippen molar-refractivity contribution >= 4 is 27.3 Å². The molecule has 22 heavy (non-hydrogen) atoms. The van der Waals surface area contributed by atoms with E-state index in [0.717, 1.165) is 24.1 Å². The molecule has 1 unspecified atom stereocenters. The molecule has 118 valence electrons. The van der Waals surface area contributed by atoms with Gasteiger partial charge in [0, 0.05) is 35.9 Å². The fourth-order valence-electron chi connectivity index (χ4n) is 2.72. The van der Waals surface area contributed by atoms with E-state index in [2.05, 4.69) is 5.32 Å². The number of hydrogen-bond acceptors (Lipinski definition) is 4. The number of carbonyl (C=O) groups excluding carboxylic acids is 1. The predicted octanol–water partition coefficient (Wildman–Crippen LogP) is 3.10. The number of hydrogen-bond donors (Lipinski definition) is 1. The molecule has 1 amide bonds. The van der Waals surface area contributed by atoms with Crippen LogP contribution in [0.1, 0.15) is 28.1 Å². The van der Waals surface area contributed by atoms with Crippen molar-refractivity contribution in [3.63, 3.8) is 0 Å². The summed E-state index contributed by atoms with van der Waals surface area (Å²) in [4.78, 5) is 13.0. The zero-order chi connectivity index (χ0) is 15.5. The van der Waals surface area contributed by atoms with Gasteiger partial charge in [0.25, 0.3) is 5.91 Å². The third-order valence-corrected chi connectivity index (χ3v) is 4.97. The molecule has 1 aliphatic rings. The molecule has 0 radical (unpaired) electrons. The summed E-state index contributed by atoms with van der Waals surface area (Å²) >= 11 is 1.30. The van der Waals surface area contributed by atoms with E-state index in [9.17, 15) is 9.18 Å². The summed E-state index contributed by atoms with van der Waals surface area (Å²) in [6.45, 7) is 1.45. The second-order valence-electron chi connectivity index (χ2n) is 5.30. The molecule has 0 aliphatic carbocycles. The van der Waals surface area contributed by atoms with Gasteiger partial charge in [0.2, 0.25) is 0 Å². The Morgan fingerprint density at radius 1 is 1.55 bits per heavy atom. The SMILES string of the molecule is COCc1c(C(=O)NCC2CCCO2)sc2cccc(F)c12. The van der Waals surface area contributed by atoms with Gasteiger partial charge >= 0.3 is 0 Å². The van der Waals surface area contributed by atoms with Crippen molar-refractivity contribution in [2.45, 2.75) is 25.6 Å². The minimum absolute atomic E-state index is 0.0842. The average molecular weight is 323 g/mol. The monoisotopic (exact) mass is 323 g/mol. The summed E-state index contributed by atoms with van der Waals surface area (Å²) < 4.78 is 25.5. The minimum Gasteiger partial charge on any atom is -0.380 e. The summed E-state index contributed by atoms with van der Waals surface area (Å²) in [6, 6.07) is 4.88. The molecule has 1 atom stereocenters. The summed E-state index contributed by atoms with van der Waals surface area (Å²) in [5.74, 6) is -0.512. The van der Waals surface area contributed by atoms with Gasteiger partial charge in [-0.15, -0.1) is 11.3 Å². The summed E-state index contributed by atoms with van der Waals surface area (Å²) in [7, 11) is 1.54. The van der Waals surface area contributed by atoms with Gasteiger partial charge in [-0.05, 0) is 25.0 Å². The van der Waals surface area contributed by atoms with Gasteiger partial charge in [0.05, 0.1) is 17.6 Å². The van der Waals surface area contributed by atoms with Crippen LogP contribution in [0, 0.1) is 5.82 Å². The Hall–Kier alpha value is -1.50. The lowest BCUT2D eigenvalue weighted by molar-refractivity contribution is 0.0858. The Kier molecular flexibility index (Phi) is 4.71. The van der Waals surface area contributed by atoms with E-state index in [0.29, 0.717) is 22.4 Å². The molecule has 0 bridgehead atoms. The molecule has 1 aromatic carbocycles. The number of methoxy groups -OCH3 is 1. The Morgan fingerprint density at radius 3 is 3.14 bits per heavy atom. The van der Waals surface area contributed by atoms with Gasteiger partial charge in [0.1, 0.15) is 5.82 Å². The second-order valence-corrected chi connectivity index (χ2v) is 6.35. The molecule has 1 aliphatic heterocycles. The fourth-order valence-corrected chi connectivity index (χ4v) is 3.86. The molecule has 1 saturated heterocycles. The highest BCUT2D eigenvalue weighted by Crippen LogP contribution is 2.33. The predicted molar refractivity (Wildman–Crippen MR) is 83.8 cm³/mol. The van der Waals surface area contributed by atoms with Crippen molar-refractivity contribution < 1.29 is 18.7 Å². The van der Waals surface area contributed by atoms with E-state index < -0.39 is 0 Å². The molecule has 0 spiro atoms. The zero-order valence-electron chi connectivity index (χ0n) is 12.4. The molecular weight excluding hydrogens is 305 g/mol. The molecule has 2 heterocycles. The largest absolute Gasteiger partial charge is 0.380 e. The first-order chi connectivity index (χ1) is 10.7. The summed E-state index contributed by atoms with van der Waals surface area (Å²) in [6.07, 6.45) is 2.08. The quantitative estimate of drug-likeness (QED) is 0.920. The molecule has 2 aromatic rings. The maximum absolute atomic E-state index is 14.1. The number of thiophene rings is 1. The minimum atomic E-state index is -0.320. The Labute approximate surface area is 132 Å². The summed E-state index contributed by atoms with van der Waals surface area (Å²) in [5, 5.41) is 3.37. The first kappa shape index (κ1) is 15.4. The van der Waals surface area contributed by atoms with Gasteiger partial charge < -0.3 is 14.8 Å². The van der Waals surface area contributed by atoms with E-state index in [1.807, 2.05) is 6.07 Å². The van der Waals surface area contributed by atoms with E-state index in [-0.39, 0.29) is 24.4 Å². The third kappa shape index (κ3) is 2.99. The Morgan fingerprint density at radius 2 is 2.41 bits per heavy atom. The number of nitrogens with one attached hydrogen (secondary N) is 1. The standard InChI is InChI=1S/C16H18FNO3S/c1-20-9-11-14-12(17)5-2-6-13(14)22-15(11)16(19)18-8-10-4-3-7-21-10/h2,5-6,10H,3-4,7-9H2,1H3,(H,18,19). The van der Waals surface area contributed by atoms with E-state index in [1.165, 1.54) is 17.4 Å². The highest BCUT2D eigenvalue weighted by atomic mass is 32.1. The Balaban J connectivity index is 1.86. The van der Waals surface area contributed by atoms with Crippen molar-refractivity contribution in [2.75, 3.05) is 20.3 Å². The maximum atomic E-state index is 14.1. The van der Waals surface area contributed by atoms with Crippen LogP contribution in [0.4, 0.5) is 4.39 Å². The average Bonchev–Trinajstić information content (AvgIpc) is 3.14. The molecule has 3 rings (SSSR count). The van der Waals surface area contributed by atoms with Gasteiger partial charge in [-0.1, -0.05) is 6.07 Å². The second kappa shape index (κ2) is 6.73. The van der Waals surface area contributed by atoms with Gasteiger partial charge in [-0.25, -0.2) is 4.39 Å². The fraction of sp³-hybridized carbons (Fsp3) is 0.438. The molecular formula is C16H18FNO3S. The molecule has 0 saturated carbocycles. The van der Waals surface area contributed by atoms with Gasteiger partial charge in [-0.2, -0.15) is 0 Å². The van der Waals surface area contributed by atoms with Crippen LogP contribution in [0.2, 0.25) is 0 Å². The highest BCUT2D eigenvalue weighted by Gasteiger charge is 2.22. The van der Waals surface area contributed by atoms with Crippen molar-refractivity contribution in [2.24, 2.45) is 0 Å². The van der Waals surface area contributed by atoms with E-state index in [4.69, 9.17) is 9.47 Å². The number of halogens is 1. The molecule has 1 aromatic heterocycles. The lowest BCUT2D eigenvalue weighted by Crippen LogP contribution is -2.31. The van der Waals surface area contributed by atoms with Crippen molar-refractivity contribution in [1.29, 1.82) is 0 Å². The number of carbonyl (C=O) groups is 1. The number of amides is 1. The van der Waals surface area contributed by atoms with Crippen LogP contribution in [0.5, 0.6) is 0 Å². The van der Waals surface area contributed by atoms with E-state index in [1.54, 1.807) is 13.2 Å². The van der Waals surface area contributed by atoms with Gasteiger partial charge in [-0.3, -0.25) is 4.79 Å². The smallest absolute Gasteiger partial charge is 0.261 e.